The molecule has 0 unspecified atom stereocenters. The largest absolute Gasteiger partial charge is 0.396 e. The molecule has 0 aliphatic rings. The first kappa shape index (κ1) is 13.0. The Balaban J connectivity index is 1.83. The number of aliphatic hydroxyl groups is 1. The van der Waals surface area contributed by atoms with Gasteiger partial charge in [0.05, 0.1) is 12.2 Å². The number of hydrogen-bond acceptors (Lipinski definition) is 4. The predicted octanol–water partition coefficient (Wildman–Crippen LogP) is 1.74. The lowest BCUT2D eigenvalue weighted by atomic mass is 10.3. The van der Waals surface area contributed by atoms with Gasteiger partial charge in [-0.3, -0.25) is 4.68 Å². The zero-order chi connectivity index (χ0) is 12.8. The highest BCUT2D eigenvalue weighted by molar-refractivity contribution is 7.99. The van der Waals surface area contributed by atoms with Gasteiger partial charge in [0.15, 0.2) is 0 Å². The Hall–Kier alpha value is -1.40. The molecule has 96 valence electrons. The van der Waals surface area contributed by atoms with Gasteiger partial charge >= 0.3 is 0 Å². The first-order valence-corrected chi connectivity index (χ1v) is 6.65. The number of thioether (sulfide) groups is 1. The van der Waals surface area contributed by atoms with Gasteiger partial charge in [0.2, 0.25) is 0 Å². The first-order valence-electron chi connectivity index (χ1n) is 5.67. The Morgan fingerprint density at radius 1 is 1.33 bits per heavy atom. The number of aryl methyl sites for hydroxylation is 1. The van der Waals surface area contributed by atoms with Crippen LogP contribution in [0.25, 0.3) is 0 Å². The van der Waals surface area contributed by atoms with Gasteiger partial charge in [-0.15, -0.1) is 16.9 Å². The average molecular weight is 267 g/mol. The maximum Gasteiger partial charge on any atom is 0.136 e. The van der Waals surface area contributed by atoms with E-state index in [0.717, 1.165) is 11.4 Å². The van der Waals surface area contributed by atoms with Crippen LogP contribution in [0.5, 0.6) is 0 Å². The van der Waals surface area contributed by atoms with Crippen molar-refractivity contribution in [1.82, 2.24) is 15.0 Å². The lowest BCUT2D eigenvalue weighted by Gasteiger charge is -2.02. The molecule has 0 atom stereocenters. The highest BCUT2D eigenvalue weighted by atomic mass is 32.2. The highest BCUT2D eigenvalue weighted by Crippen LogP contribution is 2.21. The van der Waals surface area contributed by atoms with Crippen LogP contribution in [-0.2, 0) is 13.0 Å². The van der Waals surface area contributed by atoms with E-state index < -0.39 is 0 Å². The van der Waals surface area contributed by atoms with Crippen LogP contribution >= 0.6 is 11.8 Å². The van der Waals surface area contributed by atoms with Crippen LogP contribution in [0.1, 0.15) is 5.69 Å². The molecular weight excluding hydrogens is 253 g/mol. The lowest BCUT2D eigenvalue weighted by molar-refractivity contribution is 0.298. The van der Waals surface area contributed by atoms with Crippen molar-refractivity contribution in [2.24, 2.45) is 0 Å². The molecule has 0 radical (unpaired) electrons. The van der Waals surface area contributed by atoms with Gasteiger partial charge in [0, 0.05) is 29.9 Å². The van der Waals surface area contributed by atoms with Gasteiger partial charge in [0.1, 0.15) is 5.82 Å². The fraction of sp³-hybridized carbons (Fsp3) is 0.333. The summed E-state index contributed by atoms with van der Waals surface area (Å²) in [5.41, 5.74) is 0.772. The first-order chi connectivity index (χ1) is 8.79. The molecule has 0 saturated heterocycles. The van der Waals surface area contributed by atoms with E-state index in [1.165, 1.54) is 17.8 Å². The van der Waals surface area contributed by atoms with E-state index in [2.05, 4.69) is 10.3 Å². The minimum atomic E-state index is -0.193. The highest BCUT2D eigenvalue weighted by Gasteiger charge is 2.03. The van der Waals surface area contributed by atoms with Crippen molar-refractivity contribution in [2.45, 2.75) is 17.9 Å². The van der Waals surface area contributed by atoms with E-state index >= 15 is 0 Å². The second-order valence-corrected chi connectivity index (χ2v) is 4.86. The summed E-state index contributed by atoms with van der Waals surface area (Å²) < 4.78 is 15.0. The van der Waals surface area contributed by atoms with Crippen LogP contribution in [0.15, 0.2) is 35.4 Å². The van der Waals surface area contributed by atoms with Gasteiger partial charge in [-0.25, -0.2) is 4.39 Å². The Bertz CT molecular complexity index is 504. The lowest BCUT2D eigenvalue weighted by Crippen LogP contribution is -2.01. The minimum Gasteiger partial charge on any atom is -0.396 e. The second-order valence-electron chi connectivity index (χ2n) is 3.73. The topological polar surface area (TPSA) is 50.9 Å². The van der Waals surface area contributed by atoms with Gasteiger partial charge in [0.25, 0.3) is 0 Å². The smallest absolute Gasteiger partial charge is 0.136 e. The third-order valence-electron chi connectivity index (χ3n) is 2.37. The molecule has 0 spiro atoms. The van der Waals surface area contributed by atoms with E-state index in [-0.39, 0.29) is 12.4 Å². The maximum absolute atomic E-state index is 13.3. The molecule has 0 amide bonds. The summed E-state index contributed by atoms with van der Waals surface area (Å²) >= 11 is 1.45. The molecule has 6 heteroatoms. The van der Waals surface area contributed by atoms with Crippen molar-refractivity contribution in [1.29, 1.82) is 0 Å². The van der Waals surface area contributed by atoms with Crippen molar-refractivity contribution in [3.05, 3.63) is 42.0 Å². The number of rotatable bonds is 6. The Morgan fingerprint density at radius 3 is 2.94 bits per heavy atom. The molecule has 2 rings (SSSR count). The summed E-state index contributed by atoms with van der Waals surface area (Å²) in [7, 11) is 0. The van der Waals surface area contributed by atoms with Crippen LogP contribution in [-0.4, -0.2) is 32.5 Å². The third kappa shape index (κ3) is 3.54. The Labute approximate surface area is 109 Å². The predicted molar refractivity (Wildman–Crippen MR) is 67.9 cm³/mol. The number of aromatic nitrogens is 3. The number of nitrogens with zero attached hydrogens (tertiary/aromatic N) is 3. The van der Waals surface area contributed by atoms with Gasteiger partial charge in [-0.2, -0.15) is 0 Å². The van der Waals surface area contributed by atoms with E-state index in [4.69, 9.17) is 5.11 Å². The molecule has 0 aliphatic heterocycles. The minimum absolute atomic E-state index is 0.0721. The molecule has 4 nitrogen and oxygen atoms in total. The molecule has 0 aliphatic carbocycles. The average Bonchev–Trinajstić information content (AvgIpc) is 2.80. The fourth-order valence-corrected chi connectivity index (χ4v) is 2.37. The molecule has 0 saturated carbocycles. The number of hydrogen-bond donors (Lipinski definition) is 1. The molecule has 1 aromatic carbocycles. The summed E-state index contributed by atoms with van der Waals surface area (Å²) in [5.74, 6) is 0.533. The van der Waals surface area contributed by atoms with E-state index in [1.54, 1.807) is 23.0 Å². The summed E-state index contributed by atoms with van der Waals surface area (Å²) in [6.45, 7) is 0.736. The molecule has 1 aromatic heterocycles. The van der Waals surface area contributed by atoms with E-state index in [1.807, 2.05) is 6.07 Å². The quantitative estimate of drug-likeness (QED) is 0.810. The van der Waals surface area contributed by atoms with E-state index in [9.17, 15) is 4.39 Å². The van der Waals surface area contributed by atoms with Crippen LogP contribution in [0.3, 0.4) is 0 Å². The van der Waals surface area contributed by atoms with Crippen LogP contribution in [0.2, 0.25) is 0 Å². The molecule has 0 bridgehead atoms. The monoisotopic (exact) mass is 267 g/mol. The van der Waals surface area contributed by atoms with Gasteiger partial charge in [-0.05, 0) is 12.1 Å². The van der Waals surface area contributed by atoms with E-state index in [0.29, 0.717) is 17.9 Å². The Morgan fingerprint density at radius 2 is 2.17 bits per heavy atom. The maximum atomic E-state index is 13.3. The zero-order valence-electron chi connectivity index (χ0n) is 9.79. The summed E-state index contributed by atoms with van der Waals surface area (Å²) in [6.07, 6.45) is 2.32. The fourth-order valence-electron chi connectivity index (χ4n) is 1.49. The molecular formula is C12H14FN3OS. The van der Waals surface area contributed by atoms with Crippen molar-refractivity contribution in [3.63, 3.8) is 0 Å². The molecule has 1 heterocycles. The third-order valence-corrected chi connectivity index (χ3v) is 3.40. The molecule has 1 N–H and O–H groups in total. The molecule has 18 heavy (non-hydrogen) atoms. The number of aliphatic hydroxyl groups excluding tert-OH is 1. The summed E-state index contributed by atoms with van der Waals surface area (Å²) in [6, 6.07) is 6.72. The summed E-state index contributed by atoms with van der Waals surface area (Å²) in [5, 5.41) is 16.6. The van der Waals surface area contributed by atoms with Gasteiger partial charge in [-0.1, -0.05) is 17.3 Å². The molecule has 2 aromatic rings. The van der Waals surface area contributed by atoms with Gasteiger partial charge < -0.3 is 5.11 Å². The van der Waals surface area contributed by atoms with Crippen molar-refractivity contribution in [2.75, 3.05) is 12.4 Å². The van der Waals surface area contributed by atoms with Crippen LogP contribution in [0, 0.1) is 5.82 Å². The van der Waals surface area contributed by atoms with Crippen molar-refractivity contribution in [3.8, 4) is 0 Å². The van der Waals surface area contributed by atoms with Crippen molar-refractivity contribution < 1.29 is 9.50 Å². The normalized spacial score (nSPS) is 10.8. The summed E-state index contributed by atoms with van der Waals surface area (Å²) in [4.78, 5) is 0.646. The van der Waals surface area contributed by atoms with Crippen LogP contribution in [0.4, 0.5) is 4.39 Å². The number of halogens is 1. The SMILES string of the molecule is OCCc1cn(CCSc2ccccc2F)nn1. The number of benzene rings is 1. The van der Waals surface area contributed by atoms with Crippen LogP contribution < -0.4 is 0 Å². The Kier molecular flexibility index (Phi) is 4.72. The second kappa shape index (κ2) is 6.51. The standard InChI is InChI=1S/C12H14FN3OS/c13-11-3-1-2-4-12(11)18-8-6-16-9-10(5-7-17)14-15-16/h1-4,9,17H,5-8H2. The molecule has 0 fully saturated rings. The van der Waals surface area contributed by atoms with Crippen molar-refractivity contribution >= 4 is 11.8 Å². The zero-order valence-corrected chi connectivity index (χ0v) is 10.6.